The number of carbonyl (C=O) groups is 1. The van der Waals surface area contributed by atoms with E-state index in [1.807, 2.05) is 0 Å². The van der Waals surface area contributed by atoms with Crippen LogP contribution in [0.1, 0.15) is 15.9 Å². The molecule has 2 aromatic rings. The van der Waals surface area contributed by atoms with Crippen molar-refractivity contribution in [1.29, 1.82) is 0 Å². The van der Waals surface area contributed by atoms with E-state index in [2.05, 4.69) is 0 Å². The van der Waals surface area contributed by atoms with Gasteiger partial charge in [-0.3, -0.25) is 4.79 Å². The minimum atomic E-state index is -0.295. The van der Waals surface area contributed by atoms with Gasteiger partial charge in [0.25, 0.3) is 0 Å². The molecule has 0 saturated heterocycles. The topological polar surface area (TPSA) is 17.1 Å². The van der Waals surface area contributed by atoms with Crippen molar-refractivity contribution in [2.24, 2.45) is 0 Å². The lowest BCUT2D eigenvalue weighted by Gasteiger charge is -1.96. The lowest BCUT2D eigenvalue weighted by molar-refractivity contribution is 0.104. The van der Waals surface area contributed by atoms with Crippen LogP contribution in [-0.4, -0.2) is 5.78 Å². The number of carbonyl (C=O) groups excluding carboxylic acids is 1. The molecule has 3 heteroatoms. The molecular weight excluding hydrogens is 251 g/mol. The molecule has 2 aromatic carbocycles. The molecule has 0 radical (unpaired) electrons. The van der Waals surface area contributed by atoms with Crippen molar-refractivity contribution in [1.82, 2.24) is 0 Å². The van der Waals surface area contributed by atoms with Crippen molar-refractivity contribution in [2.75, 3.05) is 0 Å². The standard InChI is InChI=1S/C15H10ClFO/c16-13-6-4-12(5-7-13)15(18)10-3-11-1-8-14(17)9-2-11/h1-10H/b10-3+. The van der Waals surface area contributed by atoms with Gasteiger partial charge < -0.3 is 0 Å². The highest BCUT2D eigenvalue weighted by molar-refractivity contribution is 6.30. The van der Waals surface area contributed by atoms with E-state index < -0.39 is 0 Å². The van der Waals surface area contributed by atoms with E-state index in [0.29, 0.717) is 10.6 Å². The van der Waals surface area contributed by atoms with Gasteiger partial charge in [0.15, 0.2) is 5.78 Å². The van der Waals surface area contributed by atoms with Crippen molar-refractivity contribution in [3.05, 3.63) is 76.6 Å². The second-order valence-electron chi connectivity index (χ2n) is 3.76. The Morgan fingerprint density at radius 3 is 2.22 bits per heavy atom. The molecule has 0 aliphatic heterocycles. The Morgan fingerprint density at radius 2 is 1.61 bits per heavy atom. The minimum absolute atomic E-state index is 0.115. The van der Waals surface area contributed by atoms with Crippen LogP contribution in [0.15, 0.2) is 54.6 Å². The van der Waals surface area contributed by atoms with Gasteiger partial charge >= 0.3 is 0 Å². The molecule has 0 heterocycles. The summed E-state index contributed by atoms with van der Waals surface area (Å²) in [4.78, 5) is 11.8. The smallest absolute Gasteiger partial charge is 0.185 e. The third kappa shape index (κ3) is 3.28. The molecule has 0 aliphatic carbocycles. The van der Waals surface area contributed by atoms with Gasteiger partial charge in [-0.1, -0.05) is 29.8 Å². The van der Waals surface area contributed by atoms with E-state index in [1.165, 1.54) is 18.2 Å². The van der Waals surface area contributed by atoms with E-state index in [1.54, 1.807) is 42.5 Å². The fraction of sp³-hybridized carbons (Fsp3) is 0. The highest BCUT2D eigenvalue weighted by Gasteiger charge is 2.00. The van der Waals surface area contributed by atoms with Crippen LogP contribution in [0.2, 0.25) is 5.02 Å². The van der Waals surface area contributed by atoms with Crippen LogP contribution in [-0.2, 0) is 0 Å². The number of allylic oxidation sites excluding steroid dienone is 1. The van der Waals surface area contributed by atoms with Gasteiger partial charge in [0.2, 0.25) is 0 Å². The van der Waals surface area contributed by atoms with Crippen LogP contribution in [0.25, 0.3) is 6.08 Å². The van der Waals surface area contributed by atoms with Crippen molar-refractivity contribution in [3.8, 4) is 0 Å². The number of hydrogen-bond donors (Lipinski definition) is 0. The van der Waals surface area contributed by atoms with Crippen molar-refractivity contribution < 1.29 is 9.18 Å². The van der Waals surface area contributed by atoms with Crippen LogP contribution >= 0.6 is 11.6 Å². The van der Waals surface area contributed by atoms with Crippen LogP contribution in [0.3, 0.4) is 0 Å². The summed E-state index contributed by atoms with van der Waals surface area (Å²) in [5.41, 5.74) is 1.34. The maximum atomic E-state index is 12.7. The molecule has 0 amide bonds. The minimum Gasteiger partial charge on any atom is -0.289 e. The molecule has 0 spiro atoms. The Kier molecular flexibility index (Phi) is 3.90. The Hall–Kier alpha value is -1.93. The molecule has 0 N–H and O–H groups in total. The summed E-state index contributed by atoms with van der Waals surface area (Å²) < 4.78 is 12.7. The summed E-state index contributed by atoms with van der Waals surface area (Å²) in [7, 11) is 0. The molecule has 0 aromatic heterocycles. The quantitative estimate of drug-likeness (QED) is 0.591. The summed E-state index contributed by atoms with van der Waals surface area (Å²) in [5.74, 6) is -0.410. The predicted octanol–water partition coefficient (Wildman–Crippen LogP) is 4.38. The zero-order chi connectivity index (χ0) is 13.0. The molecule has 1 nitrogen and oxygen atoms in total. The number of rotatable bonds is 3. The normalized spacial score (nSPS) is 10.8. The number of ketones is 1. The van der Waals surface area contributed by atoms with Gasteiger partial charge in [-0.05, 0) is 48.0 Å². The molecule has 18 heavy (non-hydrogen) atoms. The van der Waals surface area contributed by atoms with E-state index in [-0.39, 0.29) is 11.6 Å². The Labute approximate surface area is 110 Å². The maximum absolute atomic E-state index is 12.7. The highest BCUT2D eigenvalue weighted by Crippen LogP contribution is 2.11. The average Bonchev–Trinajstić information content (AvgIpc) is 2.38. The molecular formula is C15H10ClFO. The zero-order valence-corrected chi connectivity index (χ0v) is 10.2. The van der Waals surface area contributed by atoms with Gasteiger partial charge in [-0.25, -0.2) is 4.39 Å². The van der Waals surface area contributed by atoms with E-state index in [9.17, 15) is 9.18 Å². The molecule has 0 bridgehead atoms. The van der Waals surface area contributed by atoms with Crippen molar-refractivity contribution in [3.63, 3.8) is 0 Å². The number of hydrogen-bond acceptors (Lipinski definition) is 1. The Morgan fingerprint density at radius 1 is 1.00 bits per heavy atom. The summed E-state index contributed by atoms with van der Waals surface area (Å²) in [6.07, 6.45) is 3.10. The maximum Gasteiger partial charge on any atom is 0.185 e. The van der Waals surface area contributed by atoms with E-state index in [4.69, 9.17) is 11.6 Å². The summed E-state index contributed by atoms with van der Waals surface area (Å²) >= 11 is 5.74. The molecule has 0 atom stereocenters. The monoisotopic (exact) mass is 260 g/mol. The lowest BCUT2D eigenvalue weighted by atomic mass is 10.1. The molecule has 0 saturated carbocycles. The fourth-order valence-electron chi connectivity index (χ4n) is 1.46. The fourth-order valence-corrected chi connectivity index (χ4v) is 1.58. The van der Waals surface area contributed by atoms with Crippen LogP contribution in [0.4, 0.5) is 4.39 Å². The predicted molar refractivity (Wildman–Crippen MR) is 71.2 cm³/mol. The lowest BCUT2D eigenvalue weighted by Crippen LogP contribution is -1.93. The van der Waals surface area contributed by atoms with Crippen molar-refractivity contribution >= 4 is 23.5 Å². The third-order valence-corrected chi connectivity index (χ3v) is 2.68. The van der Waals surface area contributed by atoms with E-state index in [0.717, 1.165) is 5.56 Å². The molecule has 90 valence electrons. The first-order chi connectivity index (χ1) is 8.65. The highest BCUT2D eigenvalue weighted by atomic mass is 35.5. The number of halogens is 2. The van der Waals surface area contributed by atoms with Gasteiger partial charge in [-0.2, -0.15) is 0 Å². The summed E-state index contributed by atoms with van der Waals surface area (Å²) in [5, 5.41) is 0.592. The molecule has 0 aliphatic rings. The van der Waals surface area contributed by atoms with Crippen molar-refractivity contribution in [2.45, 2.75) is 0 Å². The van der Waals surface area contributed by atoms with Gasteiger partial charge in [0.05, 0.1) is 0 Å². The van der Waals surface area contributed by atoms with Gasteiger partial charge in [0, 0.05) is 10.6 Å². The molecule has 0 unspecified atom stereocenters. The van der Waals surface area contributed by atoms with Crippen LogP contribution in [0, 0.1) is 5.82 Å². The van der Waals surface area contributed by atoms with Crippen LogP contribution in [0.5, 0.6) is 0 Å². The first-order valence-corrected chi connectivity index (χ1v) is 5.76. The Balaban J connectivity index is 2.11. The summed E-state index contributed by atoms with van der Waals surface area (Å²) in [6.45, 7) is 0. The second-order valence-corrected chi connectivity index (χ2v) is 4.19. The van der Waals surface area contributed by atoms with Crippen LogP contribution < -0.4 is 0 Å². The molecule has 2 rings (SSSR count). The first kappa shape index (κ1) is 12.5. The van der Waals surface area contributed by atoms with E-state index >= 15 is 0 Å². The van der Waals surface area contributed by atoms with Gasteiger partial charge in [-0.15, -0.1) is 0 Å². The largest absolute Gasteiger partial charge is 0.289 e. The number of benzene rings is 2. The average molecular weight is 261 g/mol. The second kappa shape index (κ2) is 5.61. The SMILES string of the molecule is O=C(/C=C/c1ccc(F)cc1)c1ccc(Cl)cc1. The summed E-state index contributed by atoms with van der Waals surface area (Å²) in [6, 6.07) is 12.6. The third-order valence-electron chi connectivity index (χ3n) is 2.43. The Bertz CT molecular complexity index is 570. The van der Waals surface area contributed by atoms with Gasteiger partial charge in [0.1, 0.15) is 5.82 Å². The first-order valence-electron chi connectivity index (χ1n) is 5.39. The zero-order valence-electron chi connectivity index (χ0n) is 9.44. The molecule has 0 fully saturated rings.